The summed E-state index contributed by atoms with van der Waals surface area (Å²) < 4.78 is 34.1. The molecular weight excluding hydrogens is 452 g/mol. The number of benzene rings is 2. The number of fused-ring (bicyclic) bond motifs is 1. The van der Waals surface area contributed by atoms with E-state index in [0.29, 0.717) is 17.0 Å². The van der Waals surface area contributed by atoms with Crippen molar-refractivity contribution in [3.8, 4) is 34.7 Å². The van der Waals surface area contributed by atoms with Crippen LogP contribution in [0.5, 0.6) is 11.5 Å². The first-order valence-electron chi connectivity index (χ1n) is 11.2. The van der Waals surface area contributed by atoms with Gasteiger partial charge >= 0.3 is 0 Å². The van der Waals surface area contributed by atoms with E-state index >= 15 is 0 Å². The van der Waals surface area contributed by atoms with Crippen LogP contribution in [-0.2, 0) is 0 Å². The molecule has 35 heavy (non-hydrogen) atoms. The van der Waals surface area contributed by atoms with Crippen molar-refractivity contribution in [1.29, 1.82) is 0 Å². The van der Waals surface area contributed by atoms with Gasteiger partial charge in [0, 0.05) is 36.3 Å². The summed E-state index contributed by atoms with van der Waals surface area (Å²) >= 11 is 0. The third-order valence-electron chi connectivity index (χ3n) is 6.19. The summed E-state index contributed by atoms with van der Waals surface area (Å²) in [7, 11) is 0. The number of imidazole rings is 1. The summed E-state index contributed by atoms with van der Waals surface area (Å²) in [6, 6.07) is 13.0. The molecule has 178 valence electrons. The fraction of sp³-hybridized carbons (Fsp3) is 0.231. The third kappa shape index (κ3) is 4.30. The number of carbonyl (C=O) groups excluding carboxylic acids is 1. The number of H-pyrrole nitrogens is 1. The van der Waals surface area contributed by atoms with Crippen molar-refractivity contribution in [2.45, 2.75) is 25.7 Å². The molecule has 0 atom stereocenters. The van der Waals surface area contributed by atoms with E-state index in [1.54, 1.807) is 35.0 Å². The largest absolute Gasteiger partial charge is 0.454 e. The molecule has 0 bridgehead atoms. The van der Waals surface area contributed by atoms with E-state index in [4.69, 9.17) is 10.5 Å². The second-order valence-electron chi connectivity index (χ2n) is 8.40. The zero-order valence-corrected chi connectivity index (χ0v) is 19.0. The van der Waals surface area contributed by atoms with Crippen LogP contribution in [-0.4, -0.2) is 38.5 Å². The van der Waals surface area contributed by atoms with Crippen molar-refractivity contribution >= 4 is 11.6 Å². The van der Waals surface area contributed by atoms with Crippen molar-refractivity contribution in [2.24, 2.45) is 5.73 Å². The molecule has 0 unspecified atom stereocenters. The number of halogens is 2. The lowest BCUT2D eigenvalue weighted by molar-refractivity contribution is 0.0994. The van der Waals surface area contributed by atoms with E-state index in [9.17, 15) is 13.6 Å². The van der Waals surface area contributed by atoms with Gasteiger partial charge in [-0.05, 0) is 62.1 Å². The number of primary amides is 1. The van der Waals surface area contributed by atoms with Crippen LogP contribution in [0.2, 0.25) is 0 Å². The number of amides is 1. The van der Waals surface area contributed by atoms with Crippen molar-refractivity contribution in [3.05, 3.63) is 71.6 Å². The minimum Gasteiger partial charge on any atom is -0.454 e. The highest BCUT2D eigenvalue weighted by Crippen LogP contribution is 2.34. The lowest BCUT2D eigenvalue weighted by atomic mass is 9.91. The van der Waals surface area contributed by atoms with Crippen molar-refractivity contribution in [3.63, 3.8) is 0 Å². The van der Waals surface area contributed by atoms with Gasteiger partial charge in [-0.2, -0.15) is 5.10 Å². The van der Waals surface area contributed by atoms with E-state index in [1.165, 1.54) is 6.07 Å². The second kappa shape index (κ2) is 9.14. The smallest absolute Gasteiger partial charge is 0.269 e. The molecule has 1 aliphatic heterocycles. The highest BCUT2D eigenvalue weighted by atomic mass is 19.1. The van der Waals surface area contributed by atoms with Crippen LogP contribution < -0.4 is 10.5 Å². The van der Waals surface area contributed by atoms with Gasteiger partial charge in [0.1, 0.15) is 17.2 Å². The van der Waals surface area contributed by atoms with E-state index in [-0.39, 0.29) is 17.4 Å². The van der Waals surface area contributed by atoms with E-state index < -0.39 is 17.5 Å². The van der Waals surface area contributed by atoms with Gasteiger partial charge < -0.3 is 20.4 Å². The molecule has 4 aromatic rings. The number of nitrogens with one attached hydrogen (secondary N) is 1. The van der Waals surface area contributed by atoms with Gasteiger partial charge in [-0.3, -0.25) is 4.79 Å². The summed E-state index contributed by atoms with van der Waals surface area (Å²) in [5.74, 6) is 1.42. The lowest BCUT2D eigenvalue weighted by Crippen LogP contribution is -2.29. The van der Waals surface area contributed by atoms with Gasteiger partial charge in [-0.1, -0.05) is 5.92 Å². The number of aromatic amines is 1. The van der Waals surface area contributed by atoms with Gasteiger partial charge in [0.15, 0.2) is 17.3 Å². The molecular formula is C26H23F2N5O2. The number of piperidine rings is 1. The Morgan fingerprint density at radius 2 is 1.91 bits per heavy atom. The molecule has 3 N–H and O–H groups in total. The quantitative estimate of drug-likeness (QED) is 0.411. The molecule has 0 spiro atoms. The van der Waals surface area contributed by atoms with Crippen LogP contribution in [0.4, 0.5) is 8.78 Å². The highest BCUT2D eigenvalue weighted by molar-refractivity contribution is 5.98. The standard InChI is InChI=1S/C26H23F2N5O2/c1-2-11-32-12-9-16(10-13-32)20-15-30-33-24(25(29)34)23(31-26(20)33)17-3-6-19(7-4-17)35-22-8-5-18(27)14-21(22)28/h3-8,14-16,31H,9-10,12-13H2,1H3,(H2,29,34). The summed E-state index contributed by atoms with van der Waals surface area (Å²) in [6.07, 6.45) is 3.66. The van der Waals surface area contributed by atoms with E-state index in [1.807, 2.05) is 6.92 Å². The maximum absolute atomic E-state index is 13.9. The zero-order chi connectivity index (χ0) is 24.5. The molecule has 1 amide bonds. The molecule has 0 radical (unpaired) electrons. The number of carbonyl (C=O) groups is 1. The molecule has 1 fully saturated rings. The van der Waals surface area contributed by atoms with Crippen LogP contribution in [0.15, 0.2) is 48.7 Å². The minimum absolute atomic E-state index is 0.0871. The van der Waals surface area contributed by atoms with E-state index in [2.05, 4.69) is 26.9 Å². The molecule has 9 heteroatoms. The monoisotopic (exact) mass is 475 g/mol. The van der Waals surface area contributed by atoms with Crippen LogP contribution >= 0.6 is 0 Å². The molecule has 1 aliphatic rings. The summed E-state index contributed by atoms with van der Waals surface area (Å²) in [5.41, 5.74) is 8.98. The summed E-state index contributed by atoms with van der Waals surface area (Å²) in [6.45, 7) is 3.57. The van der Waals surface area contributed by atoms with Crippen LogP contribution in [0, 0.1) is 23.6 Å². The average molecular weight is 475 g/mol. The Hall–Kier alpha value is -4.32. The van der Waals surface area contributed by atoms with Crippen molar-refractivity contribution in [2.75, 3.05) is 13.1 Å². The lowest BCUT2D eigenvalue weighted by Gasteiger charge is -2.28. The number of nitrogens with two attached hydrogens (primary N) is 1. The van der Waals surface area contributed by atoms with Crippen LogP contribution in [0.25, 0.3) is 16.9 Å². The molecule has 3 heterocycles. The number of nitrogens with zero attached hydrogens (tertiary/aromatic N) is 3. The van der Waals surface area contributed by atoms with Gasteiger partial charge in [-0.25, -0.2) is 13.3 Å². The Balaban J connectivity index is 1.44. The predicted octanol–water partition coefficient (Wildman–Crippen LogP) is 4.66. The maximum Gasteiger partial charge on any atom is 0.269 e. The molecule has 7 nitrogen and oxygen atoms in total. The van der Waals surface area contributed by atoms with Crippen molar-refractivity contribution in [1.82, 2.24) is 19.5 Å². The number of likely N-dealkylation sites (tertiary alicyclic amines) is 1. The summed E-state index contributed by atoms with van der Waals surface area (Å²) in [5, 5.41) is 4.45. The normalized spacial score (nSPS) is 14.1. The first-order valence-corrected chi connectivity index (χ1v) is 11.2. The van der Waals surface area contributed by atoms with Gasteiger partial charge in [0.2, 0.25) is 0 Å². The summed E-state index contributed by atoms with van der Waals surface area (Å²) in [4.78, 5) is 17.8. The Kier molecular flexibility index (Phi) is 5.87. The number of hydrogen-bond donors (Lipinski definition) is 2. The Morgan fingerprint density at radius 3 is 2.57 bits per heavy atom. The van der Waals surface area contributed by atoms with E-state index in [0.717, 1.165) is 49.3 Å². The number of rotatable bonds is 5. The Bertz CT molecular complexity index is 1450. The van der Waals surface area contributed by atoms with Crippen LogP contribution in [0.3, 0.4) is 0 Å². The van der Waals surface area contributed by atoms with Gasteiger partial charge in [0.05, 0.1) is 11.9 Å². The number of hydrogen-bond acceptors (Lipinski definition) is 4. The molecule has 2 aromatic carbocycles. The first-order chi connectivity index (χ1) is 16.9. The third-order valence-corrected chi connectivity index (χ3v) is 6.19. The molecule has 0 aliphatic carbocycles. The van der Waals surface area contributed by atoms with Crippen molar-refractivity contribution < 1.29 is 18.3 Å². The predicted molar refractivity (Wildman–Crippen MR) is 127 cm³/mol. The second-order valence-corrected chi connectivity index (χ2v) is 8.40. The first kappa shape index (κ1) is 22.5. The fourth-order valence-corrected chi connectivity index (χ4v) is 4.51. The molecule has 5 rings (SSSR count). The Morgan fingerprint density at radius 1 is 1.17 bits per heavy atom. The fourth-order valence-electron chi connectivity index (χ4n) is 4.51. The molecule has 1 saturated heterocycles. The van der Waals surface area contributed by atoms with Crippen LogP contribution in [0.1, 0.15) is 41.7 Å². The number of ether oxygens (including phenoxy) is 1. The SMILES string of the molecule is CC#CN1CCC(c2cnn3c(C(N)=O)c(-c4ccc(Oc5ccc(F)cc5F)cc4)[nH]c23)CC1. The number of aromatic nitrogens is 3. The Labute approximate surface area is 200 Å². The average Bonchev–Trinajstić information content (AvgIpc) is 3.41. The van der Waals surface area contributed by atoms with Gasteiger partial charge in [-0.15, -0.1) is 0 Å². The topological polar surface area (TPSA) is 88.7 Å². The maximum atomic E-state index is 13.9. The minimum atomic E-state index is -0.796. The highest BCUT2D eigenvalue weighted by Gasteiger charge is 2.26. The van der Waals surface area contributed by atoms with Gasteiger partial charge in [0.25, 0.3) is 5.91 Å². The molecule has 0 saturated carbocycles. The molecule has 2 aromatic heterocycles. The zero-order valence-electron chi connectivity index (χ0n) is 19.0.